The van der Waals surface area contributed by atoms with Crippen molar-refractivity contribution in [1.82, 2.24) is 20.1 Å². The van der Waals surface area contributed by atoms with Crippen molar-refractivity contribution >= 4 is 0 Å². The monoisotopic (exact) mass is 256 g/mol. The van der Waals surface area contributed by atoms with Crippen LogP contribution in [-0.2, 0) is 20.0 Å². The van der Waals surface area contributed by atoms with Crippen molar-refractivity contribution in [1.29, 1.82) is 0 Å². The van der Waals surface area contributed by atoms with E-state index in [4.69, 9.17) is 0 Å². The molecule has 0 radical (unpaired) electrons. The van der Waals surface area contributed by atoms with Gasteiger partial charge in [-0.3, -0.25) is 0 Å². The Labute approximate surface area is 113 Å². The number of benzene rings is 1. The zero-order chi connectivity index (χ0) is 13.5. The van der Waals surface area contributed by atoms with Gasteiger partial charge in [0.1, 0.15) is 12.2 Å². The van der Waals surface area contributed by atoms with E-state index < -0.39 is 0 Å². The van der Waals surface area contributed by atoms with Crippen LogP contribution in [0.2, 0.25) is 0 Å². The lowest BCUT2D eigenvalue weighted by Crippen LogP contribution is -2.31. The molecule has 0 bridgehead atoms. The molecule has 4 nitrogen and oxygen atoms in total. The highest BCUT2D eigenvalue weighted by Gasteiger charge is 2.38. The maximum atomic E-state index is 4.13. The van der Waals surface area contributed by atoms with Crippen molar-refractivity contribution in [3.8, 4) is 0 Å². The van der Waals surface area contributed by atoms with Crippen LogP contribution >= 0.6 is 0 Å². The van der Waals surface area contributed by atoms with Crippen molar-refractivity contribution in [3.05, 3.63) is 47.5 Å². The van der Waals surface area contributed by atoms with Gasteiger partial charge in [-0.25, -0.2) is 0 Å². The van der Waals surface area contributed by atoms with Crippen LogP contribution in [0.1, 0.15) is 36.8 Å². The van der Waals surface area contributed by atoms with Crippen LogP contribution in [0.5, 0.6) is 0 Å². The number of hydrogen-bond donors (Lipinski definition) is 1. The first-order valence-corrected chi connectivity index (χ1v) is 6.72. The largest absolute Gasteiger partial charge is 0.320 e. The molecule has 19 heavy (non-hydrogen) atoms. The maximum Gasteiger partial charge on any atom is 0.146 e. The summed E-state index contributed by atoms with van der Waals surface area (Å²) in [6, 6.07) is 9.09. The van der Waals surface area contributed by atoms with E-state index >= 15 is 0 Å². The van der Waals surface area contributed by atoms with Crippen molar-refractivity contribution in [2.45, 2.75) is 32.9 Å². The number of aryl methyl sites for hydroxylation is 1. The highest BCUT2D eigenvalue weighted by molar-refractivity contribution is 5.37. The Morgan fingerprint density at radius 2 is 2.16 bits per heavy atom. The second kappa shape index (κ2) is 4.46. The first-order chi connectivity index (χ1) is 9.08. The molecule has 0 amide bonds. The van der Waals surface area contributed by atoms with E-state index in [0.717, 1.165) is 18.8 Å². The summed E-state index contributed by atoms with van der Waals surface area (Å²) in [5.74, 6) is 0.972. The molecule has 1 aliphatic carbocycles. The summed E-state index contributed by atoms with van der Waals surface area (Å²) in [7, 11) is 1.98. The van der Waals surface area contributed by atoms with Gasteiger partial charge in [0.25, 0.3) is 0 Å². The SMILES string of the molecule is Cn1cnnc1CNC1c2ccccc2CC1(C)C. The van der Waals surface area contributed by atoms with Crippen LogP contribution in [-0.4, -0.2) is 14.8 Å². The van der Waals surface area contributed by atoms with Crippen molar-refractivity contribution in [2.24, 2.45) is 12.5 Å². The molecule has 4 heteroatoms. The van der Waals surface area contributed by atoms with Gasteiger partial charge >= 0.3 is 0 Å². The molecule has 1 aromatic carbocycles. The molecule has 0 saturated carbocycles. The van der Waals surface area contributed by atoms with Crippen LogP contribution in [0.25, 0.3) is 0 Å². The van der Waals surface area contributed by atoms with Gasteiger partial charge in [-0.2, -0.15) is 0 Å². The molecule has 2 aromatic rings. The van der Waals surface area contributed by atoms with Gasteiger partial charge in [-0.15, -0.1) is 10.2 Å². The topological polar surface area (TPSA) is 42.7 Å². The fraction of sp³-hybridized carbons (Fsp3) is 0.467. The highest BCUT2D eigenvalue weighted by Crippen LogP contribution is 2.44. The average Bonchev–Trinajstić information content (AvgIpc) is 2.87. The highest BCUT2D eigenvalue weighted by atomic mass is 15.3. The Bertz CT molecular complexity index is 585. The normalized spacial score (nSPS) is 20.5. The van der Waals surface area contributed by atoms with Gasteiger partial charge < -0.3 is 9.88 Å². The van der Waals surface area contributed by atoms with Crippen molar-refractivity contribution in [2.75, 3.05) is 0 Å². The second-order valence-corrected chi connectivity index (χ2v) is 6.04. The Hall–Kier alpha value is -1.68. The fourth-order valence-electron chi connectivity index (χ4n) is 3.04. The first kappa shape index (κ1) is 12.4. The van der Waals surface area contributed by atoms with Gasteiger partial charge in [0, 0.05) is 13.1 Å². The summed E-state index contributed by atoms with van der Waals surface area (Å²) in [5.41, 5.74) is 3.13. The summed E-state index contributed by atoms with van der Waals surface area (Å²) in [5, 5.41) is 11.7. The van der Waals surface area contributed by atoms with Crippen LogP contribution < -0.4 is 5.32 Å². The Morgan fingerprint density at radius 1 is 1.37 bits per heavy atom. The summed E-state index contributed by atoms with van der Waals surface area (Å²) < 4.78 is 1.96. The van der Waals surface area contributed by atoms with Gasteiger partial charge in [0.15, 0.2) is 0 Å². The van der Waals surface area contributed by atoms with E-state index in [9.17, 15) is 0 Å². The molecular weight excluding hydrogens is 236 g/mol. The zero-order valence-electron chi connectivity index (χ0n) is 11.7. The molecule has 1 aromatic heterocycles. The average molecular weight is 256 g/mol. The van der Waals surface area contributed by atoms with Crippen molar-refractivity contribution < 1.29 is 0 Å². The molecule has 0 saturated heterocycles. The molecule has 0 fully saturated rings. The lowest BCUT2D eigenvalue weighted by Gasteiger charge is -2.28. The summed E-state index contributed by atoms with van der Waals surface area (Å²) in [6.45, 7) is 5.39. The minimum absolute atomic E-state index is 0.238. The van der Waals surface area contributed by atoms with Crippen LogP contribution in [0.15, 0.2) is 30.6 Å². The quantitative estimate of drug-likeness (QED) is 0.915. The molecule has 1 atom stereocenters. The summed E-state index contributed by atoms with van der Waals surface area (Å²) in [4.78, 5) is 0. The Morgan fingerprint density at radius 3 is 2.89 bits per heavy atom. The van der Waals surface area contributed by atoms with Gasteiger partial charge in [0.2, 0.25) is 0 Å². The van der Waals surface area contributed by atoms with Crippen LogP contribution in [0, 0.1) is 5.41 Å². The standard InChI is InChI=1S/C15H20N4/c1-15(2)8-11-6-4-5-7-12(11)14(15)16-9-13-18-17-10-19(13)3/h4-7,10,14,16H,8-9H2,1-3H3. The molecule has 3 rings (SSSR count). The second-order valence-electron chi connectivity index (χ2n) is 6.04. The molecule has 1 N–H and O–H groups in total. The predicted molar refractivity (Wildman–Crippen MR) is 74.5 cm³/mol. The number of nitrogens with one attached hydrogen (secondary N) is 1. The molecule has 1 heterocycles. The predicted octanol–water partition coefficient (Wildman–Crippen LogP) is 2.23. The minimum Gasteiger partial charge on any atom is -0.320 e. The maximum absolute atomic E-state index is 4.13. The van der Waals surface area contributed by atoms with Gasteiger partial charge in [-0.05, 0) is 23.0 Å². The molecule has 0 spiro atoms. The lowest BCUT2D eigenvalue weighted by molar-refractivity contribution is 0.266. The zero-order valence-corrected chi connectivity index (χ0v) is 11.7. The fourth-order valence-corrected chi connectivity index (χ4v) is 3.04. The van der Waals surface area contributed by atoms with E-state index in [1.54, 1.807) is 6.33 Å². The van der Waals surface area contributed by atoms with Gasteiger partial charge in [-0.1, -0.05) is 38.1 Å². The van der Waals surface area contributed by atoms with E-state index in [1.807, 2.05) is 11.6 Å². The van der Waals surface area contributed by atoms with Gasteiger partial charge in [0.05, 0.1) is 6.54 Å². The number of hydrogen-bond acceptors (Lipinski definition) is 3. The lowest BCUT2D eigenvalue weighted by atomic mass is 9.85. The van der Waals surface area contributed by atoms with Crippen LogP contribution in [0.4, 0.5) is 0 Å². The third-order valence-corrected chi connectivity index (χ3v) is 4.06. The van der Waals surface area contributed by atoms with E-state index in [1.165, 1.54) is 11.1 Å². The summed E-state index contributed by atoms with van der Waals surface area (Å²) >= 11 is 0. The number of fused-ring (bicyclic) bond motifs is 1. The van der Waals surface area contributed by atoms with E-state index in [0.29, 0.717) is 6.04 Å². The number of rotatable bonds is 3. The Balaban J connectivity index is 1.82. The summed E-state index contributed by atoms with van der Waals surface area (Å²) in [6.07, 6.45) is 2.87. The number of aromatic nitrogens is 3. The molecule has 1 aliphatic rings. The molecule has 1 unspecified atom stereocenters. The first-order valence-electron chi connectivity index (χ1n) is 6.72. The molecule has 0 aliphatic heterocycles. The smallest absolute Gasteiger partial charge is 0.146 e. The van der Waals surface area contributed by atoms with Crippen LogP contribution in [0.3, 0.4) is 0 Å². The van der Waals surface area contributed by atoms with E-state index in [-0.39, 0.29) is 5.41 Å². The van der Waals surface area contributed by atoms with Crippen molar-refractivity contribution in [3.63, 3.8) is 0 Å². The third-order valence-electron chi connectivity index (χ3n) is 4.06. The van der Waals surface area contributed by atoms with E-state index in [2.05, 4.69) is 53.6 Å². The number of nitrogens with zero attached hydrogens (tertiary/aromatic N) is 3. The molecular formula is C15H20N4. The third kappa shape index (κ3) is 2.16. The minimum atomic E-state index is 0.238. The Kier molecular flexibility index (Phi) is 2.90. The molecule has 100 valence electrons.